The molecule has 3 amide bonds. The van der Waals surface area contributed by atoms with E-state index in [1.54, 1.807) is 13.8 Å². The number of rotatable bonds is 7. The topological polar surface area (TPSA) is 104 Å². The number of halogens is 2. The number of methoxy groups -OCH3 is 1. The van der Waals surface area contributed by atoms with Crippen LogP contribution in [0.15, 0.2) is 30.3 Å². The number of pyridine rings is 1. The molecule has 2 aliphatic rings. The third-order valence-electron chi connectivity index (χ3n) is 6.86. The van der Waals surface area contributed by atoms with Crippen molar-refractivity contribution in [2.75, 3.05) is 20.3 Å². The van der Waals surface area contributed by atoms with Gasteiger partial charge >= 0.3 is 6.03 Å². The van der Waals surface area contributed by atoms with Crippen LogP contribution in [0.2, 0.25) is 0 Å². The molecular weight excluding hydrogens is 458 g/mol. The molecular formula is C25H30F2N4O4. The first kappa shape index (κ1) is 24.8. The molecule has 3 N–H and O–H groups in total. The molecule has 0 radical (unpaired) electrons. The predicted octanol–water partition coefficient (Wildman–Crippen LogP) is 2.73. The van der Waals surface area contributed by atoms with E-state index < -0.39 is 46.6 Å². The number of urea groups is 1. The fraction of sp³-hybridized carbons (Fsp3) is 0.480. The minimum absolute atomic E-state index is 0.00389. The van der Waals surface area contributed by atoms with E-state index in [4.69, 9.17) is 4.74 Å². The molecule has 1 saturated heterocycles. The first-order valence-electron chi connectivity index (χ1n) is 11.5. The highest BCUT2D eigenvalue weighted by atomic mass is 19.1. The number of benzene rings is 1. The summed E-state index contributed by atoms with van der Waals surface area (Å²) in [5.41, 5.74) is -0.424. The standard InChI is InChI=1S/C25H30F2N4O4/c1-14-6-5-7-19(28-14)25(8-9-25)30-23(34)29-21-16(12-31(22(21)33)24(2,3)13-32)20-17(26)10-15(35-4)11-18(20)27/h5-7,10-11,16,21,32H,8-9,12-13H2,1-4H3,(H2,29,30,34)/t16-,21-/m0/s1. The number of likely N-dealkylation sites (tertiary alicyclic amines) is 1. The summed E-state index contributed by atoms with van der Waals surface area (Å²) in [5, 5.41) is 15.4. The van der Waals surface area contributed by atoms with Crippen LogP contribution in [0.4, 0.5) is 13.6 Å². The van der Waals surface area contributed by atoms with Crippen LogP contribution in [0.25, 0.3) is 0 Å². The highest BCUT2D eigenvalue weighted by Crippen LogP contribution is 2.44. The Balaban J connectivity index is 1.63. The molecule has 0 spiro atoms. The highest BCUT2D eigenvalue weighted by Gasteiger charge is 2.51. The van der Waals surface area contributed by atoms with Crippen molar-refractivity contribution in [3.63, 3.8) is 0 Å². The number of amides is 3. The zero-order valence-electron chi connectivity index (χ0n) is 20.2. The Morgan fingerprint density at radius 3 is 2.49 bits per heavy atom. The second kappa shape index (κ2) is 9.07. The summed E-state index contributed by atoms with van der Waals surface area (Å²) >= 11 is 0. The van der Waals surface area contributed by atoms with Crippen LogP contribution in [0.3, 0.4) is 0 Å². The second-order valence-corrected chi connectivity index (χ2v) is 9.85. The summed E-state index contributed by atoms with van der Waals surface area (Å²) in [6, 6.07) is 5.77. The fourth-order valence-corrected chi connectivity index (χ4v) is 4.59. The lowest BCUT2D eigenvalue weighted by molar-refractivity contribution is -0.135. The van der Waals surface area contributed by atoms with Gasteiger partial charge in [-0.25, -0.2) is 13.6 Å². The maximum absolute atomic E-state index is 15.0. The zero-order chi connectivity index (χ0) is 25.5. The van der Waals surface area contributed by atoms with Crippen LogP contribution in [0.1, 0.15) is 49.6 Å². The van der Waals surface area contributed by atoms with Crippen molar-refractivity contribution in [1.82, 2.24) is 20.5 Å². The molecule has 10 heteroatoms. The molecule has 1 aromatic heterocycles. The number of hydrogen-bond donors (Lipinski definition) is 3. The number of aliphatic hydroxyl groups excluding tert-OH is 1. The molecule has 2 fully saturated rings. The summed E-state index contributed by atoms with van der Waals surface area (Å²) in [7, 11) is 1.30. The molecule has 0 bridgehead atoms. The van der Waals surface area contributed by atoms with E-state index in [1.165, 1.54) is 12.0 Å². The van der Waals surface area contributed by atoms with E-state index in [0.717, 1.165) is 23.5 Å². The normalized spacial score (nSPS) is 21.1. The van der Waals surface area contributed by atoms with Crippen LogP contribution < -0.4 is 15.4 Å². The number of hydrogen-bond acceptors (Lipinski definition) is 5. The number of nitrogens with one attached hydrogen (secondary N) is 2. The van der Waals surface area contributed by atoms with Gasteiger partial charge in [0.2, 0.25) is 5.91 Å². The van der Waals surface area contributed by atoms with Crippen LogP contribution in [0, 0.1) is 18.6 Å². The minimum atomic E-state index is -1.24. The van der Waals surface area contributed by atoms with Crippen molar-refractivity contribution in [1.29, 1.82) is 0 Å². The molecule has 1 saturated carbocycles. The van der Waals surface area contributed by atoms with Crippen LogP contribution in [-0.2, 0) is 10.3 Å². The molecule has 8 nitrogen and oxygen atoms in total. The lowest BCUT2D eigenvalue weighted by atomic mass is 9.92. The summed E-state index contributed by atoms with van der Waals surface area (Å²) in [6.07, 6.45) is 1.37. The van der Waals surface area contributed by atoms with Gasteiger partial charge in [-0.3, -0.25) is 9.78 Å². The summed E-state index contributed by atoms with van der Waals surface area (Å²) in [4.78, 5) is 32.3. The van der Waals surface area contributed by atoms with Gasteiger partial charge in [0.1, 0.15) is 23.4 Å². The van der Waals surface area contributed by atoms with E-state index >= 15 is 0 Å². The van der Waals surface area contributed by atoms with Gasteiger partial charge < -0.3 is 25.4 Å². The van der Waals surface area contributed by atoms with E-state index in [9.17, 15) is 23.5 Å². The SMILES string of the molecule is COc1cc(F)c([C@@H]2CN(C(C)(C)CO)C(=O)[C@H]2NC(=O)NC2(c3cccc(C)n3)CC2)c(F)c1. The van der Waals surface area contributed by atoms with E-state index in [-0.39, 0.29) is 24.5 Å². The Labute approximate surface area is 202 Å². The summed E-state index contributed by atoms with van der Waals surface area (Å²) in [6.45, 7) is 4.71. The number of aliphatic hydroxyl groups is 1. The maximum atomic E-state index is 15.0. The average Bonchev–Trinajstić information content (AvgIpc) is 3.52. The van der Waals surface area contributed by atoms with Crippen molar-refractivity contribution < 1.29 is 28.2 Å². The number of aryl methyl sites for hydroxylation is 1. The predicted molar refractivity (Wildman–Crippen MR) is 124 cm³/mol. The first-order chi connectivity index (χ1) is 16.5. The smallest absolute Gasteiger partial charge is 0.316 e. The molecule has 2 aromatic rings. The number of carbonyl (C=O) groups is 2. The Bertz CT molecular complexity index is 1130. The van der Waals surface area contributed by atoms with E-state index in [0.29, 0.717) is 12.8 Å². The largest absolute Gasteiger partial charge is 0.497 e. The minimum Gasteiger partial charge on any atom is -0.497 e. The second-order valence-electron chi connectivity index (χ2n) is 9.85. The molecule has 188 valence electrons. The van der Waals surface area contributed by atoms with Gasteiger partial charge in [-0.2, -0.15) is 0 Å². The first-order valence-corrected chi connectivity index (χ1v) is 11.5. The Hall–Kier alpha value is -3.27. The molecule has 0 unspecified atom stereocenters. The molecule has 4 rings (SSSR count). The summed E-state index contributed by atoms with van der Waals surface area (Å²) < 4.78 is 34.9. The number of nitrogens with zero attached hydrogens (tertiary/aromatic N) is 2. The third-order valence-corrected chi connectivity index (χ3v) is 6.86. The molecule has 1 aliphatic carbocycles. The maximum Gasteiger partial charge on any atom is 0.316 e. The van der Waals surface area contributed by atoms with E-state index in [2.05, 4.69) is 15.6 Å². The van der Waals surface area contributed by atoms with Crippen molar-refractivity contribution in [2.24, 2.45) is 0 Å². The van der Waals surface area contributed by atoms with Crippen LogP contribution in [0.5, 0.6) is 5.75 Å². The van der Waals surface area contributed by atoms with Gasteiger partial charge in [0.25, 0.3) is 0 Å². The van der Waals surface area contributed by atoms with Gasteiger partial charge in [-0.1, -0.05) is 6.07 Å². The number of aromatic nitrogens is 1. The van der Waals surface area contributed by atoms with Crippen molar-refractivity contribution in [3.05, 3.63) is 58.9 Å². The number of ether oxygens (including phenoxy) is 1. The van der Waals surface area contributed by atoms with Gasteiger partial charge in [0, 0.05) is 35.9 Å². The molecule has 2 atom stereocenters. The lowest BCUT2D eigenvalue weighted by Gasteiger charge is -2.34. The Kier molecular flexibility index (Phi) is 6.44. The van der Waals surface area contributed by atoms with Crippen molar-refractivity contribution >= 4 is 11.9 Å². The van der Waals surface area contributed by atoms with Crippen molar-refractivity contribution in [2.45, 2.75) is 56.7 Å². The van der Waals surface area contributed by atoms with Crippen molar-refractivity contribution in [3.8, 4) is 5.75 Å². The van der Waals surface area contributed by atoms with Gasteiger partial charge in [0.15, 0.2) is 0 Å². The molecule has 2 heterocycles. The zero-order valence-corrected chi connectivity index (χ0v) is 20.2. The Morgan fingerprint density at radius 1 is 1.29 bits per heavy atom. The van der Waals surface area contributed by atoms with Crippen LogP contribution in [-0.4, -0.2) is 58.8 Å². The molecule has 1 aliphatic heterocycles. The molecule has 35 heavy (non-hydrogen) atoms. The van der Waals surface area contributed by atoms with Gasteiger partial charge in [-0.05, 0) is 45.7 Å². The van der Waals surface area contributed by atoms with E-state index in [1.807, 2.05) is 25.1 Å². The fourth-order valence-electron chi connectivity index (χ4n) is 4.59. The van der Waals surface area contributed by atoms with Gasteiger partial charge in [0.05, 0.1) is 30.5 Å². The quantitative estimate of drug-likeness (QED) is 0.556. The third kappa shape index (κ3) is 4.67. The monoisotopic (exact) mass is 488 g/mol. The van der Waals surface area contributed by atoms with Crippen LogP contribution >= 0.6 is 0 Å². The summed E-state index contributed by atoms with van der Waals surface area (Å²) in [5.74, 6) is -3.30. The number of carbonyl (C=O) groups excluding carboxylic acids is 2. The molecule has 1 aromatic carbocycles. The Morgan fingerprint density at radius 2 is 1.94 bits per heavy atom. The average molecular weight is 489 g/mol. The van der Waals surface area contributed by atoms with Gasteiger partial charge in [-0.15, -0.1) is 0 Å². The lowest BCUT2D eigenvalue weighted by Crippen LogP contribution is -2.53. The highest BCUT2D eigenvalue weighted by molar-refractivity contribution is 5.91.